The molecule has 1 aromatic rings. The zero-order chi connectivity index (χ0) is 13.7. The Morgan fingerprint density at radius 3 is 2.84 bits per heavy atom. The number of rotatable bonds is 6. The molecule has 1 aliphatic rings. The zero-order valence-corrected chi connectivity index (χ0v) is 12.7. The topological polar surface area (TPSA) is 15.3 Å². The van der Waals surface area contributed by atoms with Gasteiger partial charge in [0.2, 0.25) is 0 Å². The van der Waals surface area contributed by atoms with Gasteiger partial charge in [0.25, 0.3) is 0 Å². The molecule has 0 amide bonds. The molecule has 0 saturated carbocycles. The molecule has 1 heterocycles. The van der Waals surface area contributed by atoms with Crippen LogP contribution in [0.5, 0.6) is 0 Å². The molecule has 0 aliphatic carbocycles. The highest BCUT2D eigenvalue weighted by atomic mass is 15.2. The van der Waals surface area contributed by atoms with Crippen molar-refractivity contribution in [1.82, 2.24) is 5.32 Å². The molecule has 1 aliphatic heterocycles. The fraction of sp³-hybridized carbons (Fsp3) is 0.647. The number of anilines is 1. The van der Waals surface area contributed by atoms with Crippen LogP contribution < -0.4 is 10.2 Å². The second-order valence-electron chi connectivity index (χ2n) is 5.87. The maximum atomic E-state index is 3.67. The summed E-state index contributed by atoms with van der Waals surface area (Å²) in [6.07, 6.45) is 5.04. The Hall–Kier alpha value is -1.02. The van der Waals surface area contributed by atoms with Crippen molar-refractivity contribution in [3.63, 3.8) is 0 Å². The highest BCUT2D eigenvalue weighted by Gasteiger charge is 2.20. The molecule has 106 valence electrons. The highest BCUT2D eigenvalue weighted by molar-refractivity contribution is 5.56. The minimum atomic E-state index is 0.570. The van der Waals surface area contributed by atoms with Gasteiger partial charge in [-0.2, -0.15) is 0 Å². The number of nitrogens with one attached hydrogen (secondary N) is 1. The third-order valence-electron chi connectivity index (χ3n) is 4.16. The highest BCUT2D eigenvalue weighted by Crippen LogP contribution is 2.28. The summed E-state index contributed by atoms with van der Waals surface area (Å²) in [4.78, 5) is 2.57. The third-order valence-corrected chi connectivity index (χ3v) is 4.16. The molecule has 2 rings (SSSR count). The van der Waals surface area contributed by atoms with Crippen LogP contribution in [0.2, 0.25) is 0 Å². The van der Waals surface area contributed by atoms with Crippen molar-refractivity contribution in [3.05, 3.63) is 29.8 Å². The average Bonchev–Trinajstić information content (AvgIpc) is 2.44. The number of aryl methyl sites for hydroxylation is 1. The van der Waals surface area contributed by atoms with Gasteiger partial charge in [-0.3, -0.25) is 0 Å². The van der Waals surface area contributed by atoms with Gasteiger partial charge in [-0.05, 0) is 44.7 Å². The summed E-state index contributed by atoms with van der Waals surface area (Å²) in [7, 11) is 0. The largest absolute Gasteiger partial charge is 0.367 e. The molecule has 2 atom stereocenters. The lowest BCUT2D eigenvalue weighted by Gasteiger charge is -2.37. The van der Waals surface area contributed by atoms with E-state index >= 15 is 0 Å². The number of hydrogen-bond acceptors (Lipinski definition) is 2. The lowest BCUT2D eigenvalue weighted by molar-refractivity contribution is 0.467. The molecule has 0 aromatic heterocycles. The molecule has 1 aromatic carbocycles. The first-order chi connectivity index (χ1) is 9.22. The smallest absolute Gasteiger partial charge is 0.0401 e. The van der Waals surface area contributed by atoms with E-state index in [0.29, 0.717) is 12.1 Å². The summed E-state index contributed by atoms with van der Waals surface area (Å²) >= 11 is 0. The summed E-state index contributed by atoms with van der Waals surface area (Å²) in [6, 6.07) is 10.1. The van der Waals surface area contributed by atoms with Crippen LogP contribution >= 0.6 is 0 Å². The maximum absolute atomic E-state index is 3.67. The second-order valence-corrected chi connectivity index (χ2v) is 5.87. The number of fused-ring (bicyclic) bond motifs is 1. The van der Waals surface area contributed by atoms with Gasteiger partial charge in [0.15, 0.2) is 0 Å². The van der Waals surface area contributed by atoms with Crippen LogP contribution in [0.25, 0.3) is 0 Å². The number of hydrogen-bond donors (Lipinski definition) is 1. The molecule has 0 radical (unpaired) electrons. The standard InChI is InChI=1S/C17H28N2/c1-4-8-14(2)18-13-15(3)19-12-7-10-16-9-5-6-11-17(16)19/h5-6,9,11,14-15,18H,4,7-8,10,12-13H2,1-3H3. The van der Waals surface area contributed by atoms with E-state index in [4.69, 9.17) is 0 Å². The van der Waals surface area contributed by atoms with Crippen molar-refractivity contribution in [1.29, 1.82) is 0 Å². The molecule has 2 nitrogen and oxygen atoms in total. The van der Waals surface area contributed by atoms with Crippen molar-refractivity contribution >= 4 is 5.69 Å². The van der Waals surface area contributed by atoms with Crippen molar-refractivity contribution < 1.29 is 0 Å². The molecule has 0 spiro atoms. The SMILES string of the molecule is CCCC(C)NCC(C)N1CCCc2ccccc21. The molecular weight excluding hydrogens is 232 g/mol. The minimum Gasteiger partial charge on any atom is -0.367 e. The fourth-order valence-corrected chi connectivity index (χ4v) is 3.04. The van der Waals surface area contributed by atoms with Gasteiger partial charge in [0.05, 0.1) is 0 Å². The van der Waals surface area contributed by atoms with Gasteiger partial charge in [-0.1, -0.05) is 31.5 Å². The molecule has 2 unspecified atom stereocenters. The summed E-state index contributed by atoms with van der Waals surface area (Å²) in [5, 5.41) is 3.67. The lowest BCUT2D eigenvalue weighted by atomic mass is 10.00. The Labute approximate surface area is 118 Å². The molecule has 0 bridgehead atoms. The Kier molecular flexibility index (Phi) is 5.26. The molecule has 0 fully saturated rings. The van der Waals surface area contributed by atoms with Crippen LogP contribution in [0.1, 0.15) is 45.6 Å². The van der Waals surface area contributed by atoms with E-state index in [0.717, 1.165) is 6.54 Å². The van der Waals surface area contributed by atoms with Crippen molar-refractivity contribution in [2.24, 2.45) is 0 Å². The average molecular weight is 260 g/mol. The Balaban J connectivity index is 1.95. The van der Waals surface area contributed by atoms with Crippen LogP contribution in [0.4, 0.5) is 5.69 Å². The van der Waals surface area contributed by atoms with Crippen LogP contribution in [-0.2, 0) is 6.42 Å². The van der Waals surface area contributed by atoms with E-state index in [9.17, 15) is 0 Å². The lowest BCUT2D eigenvalue weighted by Crippen LogP contribution is -2.45. The van der Waals surface area contributed by atoms with Crippen LogP contribution in [-0.4, -0.2) is 25.2 Å². The van der Waals surface area contributed by atoms with E-state index in [1.54, 1.807) is 0 Å². The van der Waals surface area contributed by atoms with Gasteiger partial charge in [0.1, 0.15) is 0 Å². The van der Waals surface area contributed by atoms with Gasteiger partial charge in [-0.15, -0.1) is 0 Å². The Morgan fingerprint density at radius 2 is 2.05 bits per heavy atom. The van der Waals surface area contributed by atoms with Gasteiger partial charge in [0, 0.05) is 30.9 Å². The molecular formula is C17H28N2. The molecule has 19 heavy (non-hydrogen) atoms. The monoisotopic (exact) mass is 260 g/mol. The summed E-state index contributed by atoms with van der Waals surface area (Å²) < 4.78 is 0. The van der Waals surface area contributed by atoms with Crippen LogP contribution in [0, 0.1) is 0 Å². The summed E-state index contributed by atoms with van der Waals surface area (Å²) in [5.74, 6) is 0. The molecule has 1 N–H and O–H groups in total. The second kappa shape index (κ2) is 6.95. The Morgan fingerprint density at radius 1 is 1.26 bits per heavy atom. The van der Waals surface area contributed by atoms with E-state index < -0.39 is 0 Å². The fourth-order valence-electron chi connectivity index (χ4n) is 3.04. The van der Waals surface area contributed by atoms with Gasteiger partial charge in [-0.25, -0.2) is 0 Å². The predicted octanol–water partition coefficient (Wildman–Crippen LogP) is 3.61. The maximum Gasteiger partial charge on any atom is 0.0401 e. The quantitative estimate of drug-likeness (QED) is 0.840. The minimum absolute atomic E-state index is 0.570. The summed E-state index contributed by atoms with van der Waals surface area (Å²) in [5.41, 5.74) is 2.97. The molecule has 2 heteroatoms. The van der Waals surface area contributed by atoms with Gasteiger partial charge >= 0.3 is 0 Å². The third kappa shape index (κ3) is 3.73. The van der Waals surface area contributed by atoms with E-state index in [-0.39, 0.29) is 0 Å². The number of para-hydroxylation sites is 1. The van der Waals surface area contributed by atoms with Crippen LogP contribution in [0.3, 0.4) is 0 Å². The number of nitrogens with zero attached hydrogens (tertiary/aromatic N) is 1. The first kappa shape index (κ1) is 14.4. The summed E-state index contributed by atoms with van der Waals surface area (Å²) in [6.45, 7) is 9.16. The van der Waals surface area contributed by atoms with Crippen LogP contribution in [0.15, 0.2) is 24.3 Å². The van der Waals surface area contributed by atoms with Crippen molar-refractivity contribution in [2.75, 3.05) is 18.0 Å². The van der Waals surface area contributed by atoms with E-state index in [1.807, 2.05) is 0 Å². The first-order valence-corrected chi connectivity index (χ1v) is 7.80. The normalized spacial score (nSPS) is 17.9. The van der Waals surface area contributed by atoms with E-state index in [1.165, 1.54) is 43.5 Å². The first-order valence-electron chi connectivity index (χ1n) is 7.80. The van der Waals surface area contributed by atoms with Gasteiger partial charge < -0.3 is 10.2 Å². The van der Waals surface area contributed by atoms with Crippen molar-refractivity contribution in [3.8, 4) is 0 Å². The Bertz CT molecular complexity index is 389. The molecule has 0 saturated heterocycles. The van der Waals surface area contributed by atoms with E-state index in [2.05, 4.69) is 55.3 Å². The number of benzene rings is 1. The zero-order valence-electron chi connectivity index (χ0n) is 12.7. The van der Waals surface area contributed by atoms with Crippen molar-refractivity contribution in [2.45, 2.75) is 58.5 Å². The predicted molar refractivity (Wildman–Crippen MR) is 83.9 cm³/mol.